The second-order valence-electron chi connectivity index (χ2n) is 4.27. The molecule has 118 valence electrons. The third-order valence-electron chi connectivity index (χ3n) is 2.64. The molecule has 0 aliphatic rings. The van der Waals surface area contributed by atoms with Gasteiger partial charge in [-0.1, -0.05) is 11.6 Å². The summed E-state index contributed by atoms with van der Waals surface area (Å²) in [5, 5.41) is 7.87. The summed E-state index contributed by atoms with van der Waals surface area (Å²) in [4.78, 5) is 11.9. The number of hydrogen-bond acceptors (Lipinski definition) is 4. The highest BCUT2D eigenvalue weighted by Gasteiger charge is 2.18. The zero-order valence-electron chi connectivity index (χ0n) is 11.4. The lowest BCUT2D eigenvalue weighted by Gasteiger charge is -2.10. The lowest BCUT2D eigenvalue weighted by molar-refractivity contribution is 0.0951. The van der Waals surface area contributed by atoms with Gasteiger partial charge in [-0.3, -0.25) is 4.79 Å². The normalized spacial score (nSPS) is 11.4. The quantitative estimate of drug-likeness (QED) is 0.684. The van der Waals surface area contributed by atoms with Gasteiger partial charge in [0.2, 0.25) is 10.0 Å². The molecule has 0 heterocycles. The number of ether oxygens (including phenoxy) is 1. The standard InChI is InChI=1S/C12H16BrClN2O4S/c1-20-5-3-2-4-16-12(17)9-6-8(21(15,18)19)7-10(13)11(9)14/h6-7H,2-5H2,1H3,(H,16,17)(H2,15,18,19). The average Bonchev–Trinajstić information content (AvgIpc) is 2.40. The molecular formula is C12H16BrClN2O4S. The molecule has 6 nitrogen and oxygen atoms in total. The molecule has 0 unspecified atom stereocenters. The summed E-state index contributed by atoms with van der Waals surface area (Å²) in [7, 11) is -2.31. The van der Waals surface area contributed by atoms with Gasteiger partial charge in [-0.2, -0.15) is 0 Å². The maximum absolute atomic E-state index is 12.0. The van der Waals surface area contributed by atoms with Crippen molar-refractivity contribution in [3.8, 4) is 0 Å². The first-order valence-electron chi connectivity index (χ1n) is 6.06. The number of sulfonamides is 1. The van der Waals surface area contributed by atoms with Crippen LogP contribution in [0.2, 0.25) is 5.02 Å². The van der Waals surface area contributed by atoms with Gasteiger partial charge in [0.25, 0.3) is 5.91 Å². The monoisotopic (exact) mass is 398 g/mol. The number of benzene rings is 1. The zero-order valence-corrected chi connectivity index (χ0v) is 14.5. The molecule has 0 fully saturated rings. The van der Waals surface area contributed by atoms with Crippen LogP contribution in [-0.4, -0.2) is 34.6 Å². The minimum Gasteiger partial charge on any atom is -0.385 e. The van der Waals surface area contributed by atoms with E-state index in [1.165, 1.54) is 6.07 Å². The van der Waals surface area contributed by atoms with Crippen LogP contribution in [0.5, 0.6) is 0 Å². The second-order valence-corrected chi connectivity index (χ2v) is 7.06. The topological polar surface area (TPSA) is 98.5 Å². The zero-order chi connectivity index (χ0) is 16.0. The van der Waals surface area contributed by atoms with Crippen LogP contribution < -0.4 is 10.5 Å². The van der Waals surface area contributed by atoms with Crippen LogP contribution in [0.15, 0.2) is 21.5 Å². The molecule has 1 aromatic rings. The SMILES string of the molecule is COCCCCNC(=O)c1cc(S(N)(=O)=O)cc(Br)c1Cl. The Kier molecular flexibility index (Phi) is 7.08. The number of nitrogens with two attached hydrogens (primary N) is 1. The fourth-order valence-corrected chi connectivity index (χ4v) is 2.93. The van der Waals surface area contributed by atoms with Gasteiger partial charge >= 0.3 is 0 Å². The molecule has 0 aliphatic carbocycles. The van der Waals surface area contributed by atoms with Crippen molar-refractivity contribution in [2.24, 2.45) is 5.14 Å². The van der Waals surface area contributed by atoms with Gasteiger partial charge in [0.05, 0.1) is 15.5 Å². The highest BCUT2D eigenvalue weighted by molar-refractivity contribution is 9.10. The minimum atomic E-state index is -3.92. The van der Waals surface area contributed by atoms with Crippen molar-refractivity contribution >= 4 is 43.5 Å². The third-order valence-corrected chi connectivity index (χ3v) is 4.79. The number of methoxy groups -OCH3 is 1. The fourth-order valence-electron chi connectivity index (χ4n) is 1.56. The van der Waals surface area contributed by atoms with Crippen molar-refractivity contribution in [3.63, 3.8) is 0 Å². The first kappa shape index (κ1) is 18.4. The molecule has 1 amide bonds. The molecule has 21 heavy (non-hydrogen) atoms. The van der Waals surface area contributed by atoms with Crippen molar-refractivity contribution < 1.29 is 17.9 Å². The average molecular weight is 400 g/mol. The van der Waals surface area contributed by atoms with Gasteiger partial charge in [-0.05, 0) is 40.9 Å². The van der Waals surface area contributed by atoms with Crippen molar-refractivity contribution in [1.29, 1.82) is 0 Å². The fraction of sp³-hybridized carbons (Fsp3) is 0.417. The molecule has 0 bridgehead atoms. The van der Waals surface area contributed by atoms with Gasteiger partial charge in [-0.25, -0.2) is 13.6 Å². The Morgan fingerprint density at radius 3 is 2.67 bits per heavy atom. The van der Waals surface area contributed by atoms with Gasteiger partial charge in [0.1, 0.15) is 0 Å². The lowest BCUT2D eigenvalue weighted by atomic mass is 10.2. The molecule has 3 N–H and O–H groups in total. The molecule has 0 saturated heterocycles. The Balaban J connectivity index is 2.86. The Labute approximate surface area is 137 Å². The van der Waals surface area contributed by atoms with Gasteiger partial charge < -0.3 is 10.1 Å². The number of hydrogen-bond donors (Lipinski definition) is 2. The molecule has 0 saturated carbocycles. The summed E-state index contributed by atoms with van der Waals surface area (Å²) in [6.07, 6.45) is 1.55. The number of halogens is 2. The van der Waals surface area contributed by atoms with Gasteiger partial charge in [0.15, 0.2) is 0 Å². The van der Waals surface area contributed by atoms with E-state index in [0.717, 1.165) is 18.9 Å². The first-order valence-corrected chi connectivity index (χ1v) is 8.78. The highest BCUT2D eigenvalue weighted by Crippen LogP contribution is 2.29. The Bertz CT molecular complexity index is 622. The minimum absolute atomic E-state index is 0.0572. The van der Waals surface area contributed by atoms with Crippen LogP contribution in [0.25, 0.3) is 0 Å². The van der Waals surface area contributed by atoms with Crippen LogP contribution in [0.3, 0.4) is 0 Å². The van der Waals surface area contributed by atoms with E-state index < -0.39 is 15.9 Å². The molecule has 0 aromatic heterocycles. The molecule has 0 atom stereocenters. The van der Waals surface area contributed by atoms with Crippen molar-refractivity contribution in [2.45, 2.75) is 17.7 Å². The summed E-state index contributed by atoms with van der Waals surface area (Å²) in [5.41, 5.74) is 0.0572. The predicted octanol–water partition coefficient (Wildman–Crippen LogP) is 1.91. The van der Waals surface area contributed by atoms with Gasteiger partial charge in [0, 0.05) is 24.7 Å². The van der Waals surface area contributed by atoms with E-state index in [0.29, 0.717) is 17.6 Å². The summed E-state index contributed by atoms with van der Waals surface area (Å²) in [6, 6.07) is 2.42. The van der Waals surface area contributed by atoms with Crippen molar-refractivity contribution in [2.75, 3.05) is 20.3 Å². The summed E-state index contributed by atoms with van der Waals surface area (Å²) in [5.74, 6) is -0.455. The molecule has 9 heteroatoms. The predicted molar refractivity (Wildman–Crippen MR) is 84.0 cm³/mol. The number of rotatable bonds is 7. The molecule has 0 aliphatic heterocycles. The Hall–Kier alpha value is -0.670. The van der Waals surface area contributed by atoms with Crippen LogP contribution in [0.4, 0.5) is 0 Å². The number of unbranched alkanes of at least 4 members (excludes halogenated alkanes) is 1. The van der Waals surface area contributed by atoms with Gasteiger partial charge in [-0.15, -0.1) is 0 Å². The largest absolute Gasteiger partial charge is 0.385 e. The maximum atomic E-state index is 12.0. The number of nitrogens with one attached hydrogen (secondary N) is 1. The Morgan fingerprint density at radius 1 is 1.43 bits per heavy atom. The summed E-state index contributed by atoms with van der Waals surface area (Å²) in [6.45, 7) is 1.05. The lowest BCUT2D eigenvalue weighted by Crippen LogP contribution is -2.25. The molecule has 1 aromatic carbocycles. The van der Waals surface area contributed by atoms with E-state index in [1.807, 2.05) is 0 Å². The number of carbonyl (C=O) groups is 1. The van der Waals surface area contributed by atoms with E-state index in [4.69, 9.17) is 21.5 Å². The van der Waals surface area contributed by atoms with E-state index in [-0.39, 0.29) is 15.5 Å². The number of carbonyl (C=O) groups excluding carboxylic acids is 1. The second kappa shape index (κ2) is 8.09. The smallest absolute Gasteiger partial charge is 0.252 e. The molecule has 0 spiro atoms. The van der Waals surface area contributed by atoms with E-state index in [1.54, 1.807) is 7.11 Å². The Morgan fingerprint density at radius 2 is 2.10 bits per heavy atom. The molecule has 1 rings (SSSR count). The summed E-state index contributed by atoms with van der Waals surface area (Å²) >= 11 is 9.12. The maximum Gasteiger partial charge on any atom is 0.252 e. The van der Waals surface area contributed by atoms with E-state index in [9.17, 15) is 13.2 Å². The van der Waals surface area contributed by atoms with E-state index in [2.05, 4.69) is 21.2 Å². The van der Waals surface area contributed by atoms with E-state index >= 15 is 0 Å². The third kappa shape index (κ3) is 5.55. The number of primary sulfonamides is 1. The highest BCUT2D eigenvalue weighted by atomic mass is 79.9. The molecule has 0 radical (unpaired) electrons. The number of amides is 1. The van der Waals surface area contributed by atoms with Crippen LogP contribution >= 0.6 is 27.5 Å². The van der Waals surface area contributed by atoms with Crippen LogP contribution in [0.1, 0.15) is 23.2 Å². The van der Waals surface area contributed by atoms with Crippen molar-refractivity contribution in [3.05, 3.63) is 27.2 Å². The molecular weight excluding hydrogens is 384 g/mol. The van der Waals surface area contributed by atoms with Crippen LogP contribution in [-0.2, 0) is 14.8 Å². The van der Waals surface area contributed by atoms with Crippen molar-refractivity contribution in [1.82, 2.24) is 5.32 Å². The first-order chi connectivity index (χ1) is 9.77. The summed E-state index contributed by atoms with van der Waals surface area (Å²) < 4.78 is 27.9. The van der Waals surface area contributed by atoms with Crippen LogP contribution in [0, 0.1) is 0 Å².